The van der Waals surface area contributed by atoms with Gasteiger partial charge >= 0.3 is 0 Å². The Morgan fingerprint density at radius 2 is 1.97 bits per heavy atom. The van der Waals surface area contributed by atoms with Crippen LogP contribution in [0, 0.1) is 0 Å². The number of carbonyl (C=O) groups excluding carboxylic acids is 1. The van der Waals surface area contributed by atoms with Crippen LogP contribution < -0.4 is 15.7 Å². The van der Waals surface area contributed by atoms with E-state index in [0.29, 0.717) is 39.8 Å². The van der Waals surface area contributed by atoms with E-state index in [1.165, 1.54) is 0 Å². The minimum absolute atomic E-state index is 0.0451. The summed E-state index contributed by atoms with van der Waals surface area (Å²) in [5.41, 5.74) is 1.20. The van der Waals surface area contributed by atoms with E-state index < -0.39 is 5.56 Å². The van der Waals surface area contributed by atoms with Gasteiger partial charge in [0.25, 0.3) is 5.56 Å². The first-order valence-electron chi connectivity index (χ1n) is 11.5. The molecule has 4 rings (SSSR count). The van der Waals surface area contributed by atoms with Crippen molar-refractivity contribution in [3.63, 3.8) is 0 Å². The molecule has 194 valence electrons. The molecule has 1 N–H and O–H groups in total. The van der Waals surface area contributed by atoms with Crippen LogP contribution in [0.2, 0.25) is 10.0 Å². The monoisotopic (exact) mass is 544 g/mol. The summed E-state index contributed by atoms with van der Waals surface area (Å²) >= 11 is 12.7. The van der Waals surface area contributed by atoms with Crippen molar-refractivity contribution in [2.45, 2.75) is 13.5 Å². The van der Waals surface area contributed by atoms with Gasteiger partial charge in [0.1, 0.15) is 13.2 Å². The Hall–Kier alpha value is -3.60. The molecule has 0 atom stereocenters. The van der Waals surface area contributed by atoms with Gasteiger partial charge in [-0.2, -0.15) is 4.98 Å². The third-order valence-corrected chi connectivity index (χ3v) is 6.20. The quantitative estimate of drug-likeness (QED) is 0.323. The molecule has 4 aromatic rings. The maximum atomic E-state index is 13.4. The second kappa shape index (κ2) is 11.6. The maximum absolute atomic E-state index is 13.4. The summed E-state index contributed by atoms with van der Waals surface area (Å²) in [6.45, 7) is 3.16. The molecule has 0 aliphatic heterocycles. The van der Waals surface area contributed by atoms with Gasteiger partial charge in [-0.25, -0.2) is 4.98 Å². The van der Waals surface area contributed by atoms with E-state index >= 15 is 0 Å². The normalized spacial score (nSPS) is 11.1. The Kier molecular flexibility index (Phi) is 8.32. The van der Waals surface area contributed by atoms with Gasteiger partial charge < -0.3 is 24.4 Å². The number of pyridine rings is 1. The van der Waals surface area contributed by atoms with E-state index in [-0.39, 0.29) is 36.2 Å². The molecule has 12 heteroatoms. The molecule has 0 fully saturated rings. The average Bonchev–Trinajstić information content (AvgIpc) is 3.31. The van der Waals surface area contributed by atoms with Crippen molar-refractivity contribution in [3.8, 4) is 11.1 Å². The standard InChI is InChI=1S/C25H26Cl2N6O4/c1-4-37-33-23-16(12-18(24(33)35)22-19(26)6-5-7-20(22)27)13-28-25(30-23)29-17-8-9-32(14-17)15-21(34)31(2)10-11-36-3/h5-9,12-14H,4,10-11,15H2,1-3H3,(H,28,29,30). The van der Waals surface area contributed by atoms with Crippen LogP contribution >= 0.6 is 23.2 Å². The molecule has 1 amide bonds. The molecule has 10 nitrogen and oxygen atoms in total. The fourth-order valence-electron chi connectivity index (χ4n) is 3.68. The predicted molar refractivity (Wildman–Crippen MR) is 144 cm³/mol. The van der Waals surface area contributed by atoms with E-state index in [9.17, 15) is 9.59 Å². The van der Waals surface area contributed by atoms with Crippen LogP contribution in [-0.4, -0.2) is 64.0 Å². The Balaban J connectivity index is 1.63. The van der Waals surface area contributed by atoms with Crippen LogP contribution in [0.4, 0.5) is 11.6 Å². The van der Waals surface area contributed by atoms with Gasteiger partial charge in [-0.15, -0.1) is 4.73 Å². The molecular weight excluding hydrogens is 519 g/mol. The van der Waals surface area contributed by atoms with Gasteiger partial charge in [-0.3, -0.25) is 9.59 Å². The van der Waals surface area contributed by atoms with Crippen molar-refractivity contribution in [1.29, 1.82) is 0 Å². The smallest absolute Gasteiger partial charge is 0.293 e. The van der Waals surface area contributed by atoms with E-state index in [2.05, 4.69) is 15.3 Å². The molecule has 0 saturated heterocycles. The molecule has 0 spiro atoms. The van der Waals surface area contributed by atoms with Gasteiger partial charge in [-0.05, 0) is 31.2 Å². The topological polar surface area (TPSA) is 104 Å². The lowest BCUT2D eigenvalue weighted by Crippen LogP contribution is -2.32. The number of halogens is 2. The summed E-state index contributed by atoms with van der Waals surface area (Å²) in [7, 11) is 3.33. The number of methoxy groups -OCH3 is 1. The zero-order valence-electron chi connectivity index (χ0n) is 20.6. The summed E-state index contributed by atoms with van der Waals surface area (Å²) in [6, 6.07) is 8.48. The minimum Gasteiger partial charge on any atom is -0.409 e. The largest absolute Gasteiger partial charge is 0.409 e. The Bertz CT molecular complexity index is 1470. The third-order valence-electron chi connectivity index (χ3n) is 5.57. The molecule has 3 aromatic heterocycles. The molecule has 0 unspecified atom stereocenters. The van der Waals surface area contributed by atoms with E-state index in [1.807, 2.05) is 0 Å². The lowest BCUT2D eigenvalue weighted by molar-refractivity contribution is -0.131. The van der Waals surface area contributed by atoms with Crippen molar-refractivity contribution in [2.24, 2.45) is 0 Å². The van der Waals surface area contributed by atoms with E-state index in [1.54, 1.807) is 79.5 Å². The summed E-state index contributed by atoms with van der Waals surface area (Å²) in [4.78, 5) is 41.9. The predicted octanol–water partition coefficient (Wildman–Crippen LogP) is 3.86. The summed E-state index contributed by atoms with van der Waals surface area (Å²) in [5.74, 6) is 0.210. The first-order valence-corrected chi connectivity index (χ1v) is 12.2. The first kappa shape index (κ1) is 26.5. The molecule has 0 saturated carbocycles. The molecule has 0 bridgehead atoms. The Morgan fingerprint density at radius 3 is 2.68 bits per heavy atom. The second-order valence-corrected chi connectivity index (χ2v) is 8.96. The van der Waals surface area contributed by atoms with Crippen molar-refractivity contribution < 1.29 is 14.4 Å². The van der Waals surface area contributed by atoms with Crippen LogP contribution in [0.3, 0.4) is 0 Å². The zero-order valence-corrected chi connectivity index (χ0v) is 22.1. The number of aromatic nitrogens is 4. The van der Waals surface area contributed by atoms with E-state index in [4.69, 9.17) is 32.8 Å². The number of carbonyl (C=O) groups is 1. The van der Waals surface area contributed by atoms with Gasteiger partial charge in [0.15, 0.2) is 5.65 Å². The average molecular weight is 545 g/mol. The third kappa shape index (κ3) is 5.87. The van der Waals surface area contributed by atoms with Gasteiger partial charge in [-0.1, -0.05) is 29.3 Å². The lowest BCUT2D eigenvalue weighted by Gasteiger charge is -2.16. The maximum Gasteiger partial charge on any atom is 0.293 e. The highest BCUT2D eigenvalue weighted by Crippen LogP contribution is 2.33. The number of likely N-dealkylation sites (N-methyl/N-ethyl adjacent to an activating group) is 1. The number of ether oxygens (including phenoxy) is 1. The number of rotatable bonds is 10. The molecule has 0 radical (unpaired) electrons. The molecule has 3 heterocycles. The molecular formula is C25H26Cl2N6O4. The summed E-state index contributed by atoms with van der Waals surface area (Å²) in [6.07, 6.45) is 5.13. The van der Waals surface area contributed by atoms with Gasteiger partial charge in [0.2, 0.25) is 11.9 Å². The number of amides is 1. The lowest BCUT2D eigenvalue weighted by atomic mass is 10.1. The van der Waals surface area contributed by atoms with Crippen LogP contribution in [-0.2, 0) is 16.1 Å². The van der Waals surface area contributed by atoms with Crippen LogP contribution in [0.5, 0.6) is 0 Å². The zero-order chi connectivity index (χ0) is 26.5. The fraction of sp³-hybridized carbons (Fsp3) is 0.280. The summed E-state index contributed by atoms with van der Waals surface area (Å²) in [5, 5.41) is 4.36. The highest BCUT2D eigenvalue weighted by Gasteiger charge is 2.18. The van der Waals surface area contributed by atoms with Crippen molar-refractivity contribution in [2.75, 3.05) is 39.2 Å². The van der Waals surface area contributed by atoms with Gasteiger partial charge in [0.05, 0.1) is 27.9 Å². The Labute approximate surface area is 223 Å². The number of hydrogen-bond donors (Lipinski definition) is 1. The van der Waals surface area contributed by atoms with Crippen LogP contribution in [0.1, 0.15) is 6.92 Å². The van der Waals surface area contributed by atoms with Crippen molar-refractivity contribution in [1.82, 2.24) is 24.2 Å². The molecule has 1 aromatic carbocycles. The first-order chi connectivity index (χ1) is 17.8. The number of nitrogens with zero attached hydrogens (tertiary/aromatic N) is 5. The minimum atomic E-state index is -0.448. The molecule has 0 aliphatic rings. The molecule has 0 aliphatic carbocycles. The summed E-state index contributed by atoms with van der Waals surface area (Å²) < 4.78 is 7.89. The van der Waals surface area contributed by atoms with Crippen LogP contribution in [0.25, 0.3) is 22.2 Å². The fourth-order valence-corrected chi connectivity index (χ4v) is 4.29. The van der Waals surface area contributed by atoms with Gasteiger partial charge in [0, 0.05) is 50.2 Å². The SMILES string of the molecule is CCOn1c(=O)c(-c2c(Cl)cccc2Cl)cc2cnc(Nc3ccn(CC(=O)N(C)CCOC)c3)nc21. The highest BCUT2D eigenvalue weighted by atomic mass is 35.5. The number of fused-ring (bicyclic) bond motifs is 1. The van der Waals surface area contributed by atoms with Crippen LogP contribution in [0.15, 0.2) is 53.7 Å². The number of benzene rings is 1. The van der Waals surface area contributed by atoms with E-state index in [0.717, 1.165) is 4.73 Å². The second-order valence-electron chi connectivity index (χ2n) is 8.15. The number of nitrogens with one attached hydrogen (secondary N) is 1. The van der Waals surface area contributed by atoms with Crippen molar-refractivity contribution >= 4 is 51.8 Å². The highest BCUT2D eigenvalue weighted by molar-refractivity contribution is 6.39. The van der Waals surface area contributed by atoms with Crippen molar-refractivity contribution in [3.05, 3.63) is 69.3 Å². The molecule has 37 heavy (non-hydrogen) atoms. The number of anilines is 2. The number of hydrogen-bond acceptors (Lipinski definition) is 7. The Morgan fingerprint density at radius 1 is 1.22 bits per heavy atom.